The Labute approximate surface area is 152 Å². The Balaban J connectivity index is 1.86. The molecular formula is C25H20O. The van der Waals surface area contributed by atoms with E-state index in [1.807, 2.05) is 12.1 Å². The Hall–Kier alpha value is -3.06. The first-order valence-electron chi connectivity index (χ1n) is 9.16. The second-order valence-corrected chi connectivity index (χ2v) is 7.22. The molecule has 4 aromatic carbocycles. The fourth-order valence-corrected chi connectivity index (χ4v) is 3.84. The summed E-state index contributed by atoms with van der Waals surface area (Å²) in [6.07, 6.45) is 0. The van der Waals surface area contributed by atoms with E-state index in [0.29, 0.717) is 5.92 Å². The van der Waals surface area contributed by atoms with Crippen LogP contribution in [0.3, 0.4) is 0 Å². The third-order valence-electron chi connectivity index (χ3n) is 5.27. The molecule has 1 nitrogen and oxygen atoms in total. The van der Waals surface area contributed by atoms with Gasteiger partial charge in [-0.3, -0.25) is 0 Å². The van der Waals surface area contributed by atoms with Crippen molar-refractivity contribution in [3.63, 3.8) is 0 Å². The van der Waals surface area contributed by atoms with Crippen LogP contribution in [0.4, 0.5) is 0 Å². The van der Waals surface area contributed by atoms with Crippen molar-refractivity contribution in [1.82, 2.24) is 0 Å². The molecule has 0 saturated heterocycles. The van der Waals surface area contributed by atoms with E-state index in [4.69, 9.17) is 4.42 Å². The summed E-state index contributed by atoms with van der Waals surface area (Å²) >= 11 is 0. The number of hydrogen-bond acceptors (Lipinski definition) is 1. The highest BCUT2D eigenvalue weighted by Gasteiger charge is 2.14. The second kappa shape index (κ2) is 5.74. The molecule has 5 rings (SSSR count). The molecule has 0 aliphatic rings. The topological polar surface area (TPSA) is 13.1 Å². The minimum absolute atomic E-state index is 0.509. The van der Waals surface area contributed by atoms with Gasteiger partial charge in [-0.2, -0.15) is 0 Å². The van der Waals surface area contributed by atoms with E-state index in [1.165, 1.54) is 32.7 Å². The highest BCUT2D eigenvalue weighted by atomic mass is 16.3. The average molecular weight is 336 g/mol. The highest BCUT2D eigenvalue weighted by molar-refractivity contribution is 6.12. The van der Waals surface area contributed by atoms with Crippen molar-refractivity contribution >= 4 is 32.7 Å². The molecule has 1 heterocycles. The zero-order valence-corrected chi connectivity index (χ0v) is 15.0. The summed E-state index contributed by atoms with van der Waals surface area (Å²) < 4.78 is 6.26. The second-order valence-electron chi connectivity index (χ2n) is 7.22. The van der Waals surface area contributed by atoms with Crippen LogP contribution in [0.5, 0.6) is 0 Å². The SMILES string of the molecule is CC(C)c1ccc2cccc(-c3cccc4c3oc3ccccc34)c2c1. The van der Waals surface area contributed by atoms with Gasteiger partial charge in [0.15, 0.2) is 0 Å². The molecule has 26 heavy (non-hydrogen) atoms. The van der Waals surface area contributed by atoms with Crippen LogP contribution in [0.1, 0.15) is 25.3 Å². The molecule has 0 bridgehead atoms. The summed E-state index contributed by atoms with van der Waals surface area (Å²) in [5, 5.41) is 4.90. The van der Waals surface area contributed by atoms with Crippen molar-refractivity contribution in [2.24, 2.45) is 0 Å². The van der Waals surface area contributed by atoms with E-state index >= 15 is 0 Å². The van der Waals surface area contributed by atoms with Gasteiger partial charge >= 0.3 is 0 Å². The fraction of sp³-hybridized carbons (Fsp3) is 0.120. The molecule has 0 radical (unpaired) electrons. The molecule has 0 amide bonds. The van der Waals surface area contributed by atoms with E-state index in [0.717, 1.165) is 16.7 Å². The monoisotopic (exact) mass is 336 g/mol. The molecule has 0 fully saturated rings. The van der Waals surface area contributed by atoms with Gasteiger partial charge in [-0.05, 0) is 33.9 Å². The number of fused-ring (bicyclic) bond motifs is 4. The van der Waals surface area contributed by atoms with E-state index in [2.05, 4.69) is 80.6 Å². The summed E-state index contributed by atoms with van der Waals surface area (Å²) in [6.45, 7) is 4.48. The lowest BCUT2D eigenvalue weighted by atomic mass is 9.93. The lowest BCUT2D eigenvalue weighted by Crippen LogP contribution is -1.89. The van der Waals surface area contributed by atoms with Gasteiger partial charge in [-0.1, -0.05) is 86.6 Å². The Bertz CT molecular complexity index is 1260. The number of hydrogen-bond donors (Lipinski definition) is 0. The lowest BCUT2D eigenvalue weighted by molar-refractivity contribution is 0.670. The zero-order valence-electron chi connectivity index (χ0n) is 15.0. The summed E-state index contributed by atoms with van der Waals surface area (Å²) in [6, 6.07) is 28.0. The van der Waals surface area contributed by atoms with Gasteiger partial charge in [0.2, 0.25) is 0 Å². The van der Waals surface area contributed by atoms with Crippen LogP contribution in [0.25, 0.3) is 43.8 Å². The summed E-state index contributed by atoms with van der Waals surface area (Å²) in [7, 11) is 0. The van der Waals surface area contributed by atoms with E-state index in [-0.39, 0.29) is 0 Å². The van der Waals surface area contributed by atoms with Crippen LogP contribution in [0, 0.1) is 0 Å². The first kappa shape index (κ1) is 15.2. The minimum Gasteiger partial charge on any atom is -0.455 e. The van der Waals surface area contributed by atoms with Crippen LogP contribution in [-0.4, -0.2) is 0 Å². The molecule has 0 saturated carbocycles. The molecule has 1 heteroatoms. The number of benzene rings is 4. The molecule has 0 aliphatic carbocycles. The van der Waals surface area contributed by atoms with Gasteiger partial charge < -0.3 is 4.42 Å². The van der Waals surface area contributed by atoms with Crippen molar-refractivity contribution in [2.75, 3.05) is 0 Å². The Morgan fingerprint density at radius 2 is 1.42 bits per heavy atom. The third-order valence-corrected chi connectivity index (χ3v) is 5.27. The summed E-state index contributed by atoms with van der Waals surface area (Å²) in [5.74, 6) is 0.509. The first-order valence-corrected chi connectivity index (χ1v) is 9.16. The van der Waals surface area contributed by atoms with Gasteiger partial charge in [0.1, 0.15) is 11.2 Å². The van der Waals surface area contributed by atoms with Gasteiger partial charge in [0.25, 0.3) is 0 Å². The average Bonchev–Trinajstić information content (AvgIpc) is 3.06. The van der Waals surface area contributed by atoms with Crippen molar-refractivity contribution in [3.05, 3.63) is 84.4 Å². The fourth-order valence-electron chi connectivity index (χ4n) is 3.84. The van der Waals surface area contributed by atoms with E-state index < -0.39 is 0 Å². The van der Waals surface area contributed by atoms with Crippen molar-refractivity contribution in [1.29, 1.82) is 0 Å². The highest BCUT2D eigenvalue weighted by Crippen LogP contribution is 2.38. The smallest absolute Gasteiger partial charge is 0.143 e. The Morgan fingerprint density at radius 3 is 2.31 bits per heavy atom. The molecule has 0 aliphatic heterocycles. The quantitative estimate of drug-likeness (QED) is 0.325. The summed E-state index contributed by atoms with van der Waals surface area (Å²) in [4.78, 5) is 0. The van der Waals surface area contributed by atoms with Crippen molar-refractivity contribution in [3.8, 4) is 11.1 Å². The van der Waals surface area contributed by atoms with Crippen LogP contribution < -0.4 is 0 Å². The number of para-hydroxylation sites is 2. The van der Waals surface area contributed by atoms with Crippen LogP contribution >= 0.6 is 0 Å². The van der Waals surface area contributed by atoms with Gasteiger partial charge in [-0.15, -0.1) is 0 Å². The van der Waals surface area contributed by atoms with Gasteiger partial charge in [-0.25, -0.2) is 0 Å². The minimum atomic E-state index is 0.509. The number of furan rings is 1. The molecule has 0 N–H and O–H groups in total. The Morgan fingerprint density at radius 1 is 0.654 bits per heavy atom. The van der Waals surface area contributed by atoms with E-state index in [9.17, 15) is 0 Å². The largest absolute Gasteiger partial charge is 0.455 e. The maximum Gasteiger partial charge on any atom is 0.143 e. The molecule has 0 atom stereocenters. The first-order chi connectivity index (χ1) is 12.7. The third kappa shape index (κ3) is 2.24. The van der Waals surface area contributed by atoms with Crippen LogP contribution in [-0.2, 0) is 0 Å². The molecular weight excluding hydrogens is 316 g/mol. The summed E-state index contributed by atoms with van der Waals surface area (Å²) in [5.41, 5.74) is 5.66. The molecule has 1 aromatic heterocycles. The van der Waals surface area contributed by atoms with Crippen molar-refractivity contribution < 1.29 is 4.42 Å². The number of rotatable bonds is 2. The lowest BCUT2D eigenvalue weighted by Gasteiger charge is -2.11. The van der Waals surface area contributed by atoms with Crippen LogP contribution in [0.15, 0.2) is 83.3 Å². The Kier molecular flexibility index (Phi) is 3.36. The molecule has 5 aromatic rings. The van der Waals surface area contributed by atoms with Crippen LogP contribution in [0.2, 0.25) is 0 Å². The van der Waals surface area contributed by atoms with Crippen molar-refractivity contribution in [2.45, 2.75) is 19.8 Å². The molecule has 126 valence electrons. The van der Waals surface area contributed by atoms with Gasteiger partial charge in [0.05, 0.1) is 0 Å². The maximum absolute atomic E-state index is 6.26. The predicted octanol–water partition coefficient (Wildman–Crippen LogP) is 7.53. The maximum atomic E-state index is 6.26. The zero-order chi connectivity index (χ0) is 17.7. The normalized spacial score (nSPS) is 11.8. The predicted molar refractivity (Wildman–Crippen MR) is 111 cm³/mol. The standard InChI is InChI=1S/C25H20O/c1-16(2)18-14-13-17-7-5-9-19(23(17)15-18)21-10-6-11-22-20-8-3-4-12-24(20)26-25(21)22/h3-16H,1-2H3. The van der Waals surface area contributed by atoms with Gasteiger partial charge in [0, 0.05) is 16.3 Å². The molecule has 0 spiro atoms. The van der Waals surface area contributed by atoms with E-state index in [1.54, 1.807) is 0 Å². The molecule has 0 unspecified atom stereocenters.